The zero-order valence-corrected chi connectivity index (χ0v) is 12.1. The second-order valence-corrected chi connectivity index (χ2v) is 5.59. The first-order valence-corrected chi connectivity index (χ1v) is 7.05. The van der Waals surface area contributed by atoms with E-state index in [1.54, 1.807) is 0 Å². The topological polar surface area (TPSA) is 82.3 Å². The predicted molar refractivity (Wildman–Crippen MR) is 80.3 cm³/mol. The normalized spacial score (nSPS) is 22.8. The monoisotopic (exact) mass is 308 g/mol. The van der Waals surface area contributed by atoms with Crippen molar-refractivity contribution >= 4 is 46.5 Å². The Morgan fingerprint density at radius 1 is 0.650 bits per heavy atom. The number of allylic oxidation sites excluding steroid dienone is 2. The predicted octanol–water partition coefficient (Wildman–Crippen LogP) is 0.0772. The van der Waals surface area contributed by atoms with Gasteiger partial charge in [-0.1, -0.05) is 0 Å². The lowest BCUT2D eigenvalue weighted by Crippen LogP contribution is -2.21. The van der Waals surface area contributed by atoms with E-state index in [1.807, 2.05) is 0 Å². The van der Waals surface area contributed by atoms with Gasteiger partial charge in [-0.2, -0.15) is 0 Å². The number of carbonyl (C=O) groups excluding carboxylic acids is 2. The zero-order chi connectivity index (χ0) is 14.3. The highest BCUT2D eigenvalue weighted by molar-refractivity contribution is 7.80. The van der Waals surface area contributed by atoms with Crippen molar-refractivity contribution < 1.29 is 9.59 Å². The maximum Gasteiger partial charge on any atom is 0.273 e. The maximum atomic E-state index is 11.7. The van der Waals surface area contributed by atoms with Gasteiger partial charge in [0.25, 0.3) is 11.8 Å². The number of rotatable bonds is 0. The number of nitrogens with one attached hydrogen (secondary N) is 4. The number of thiocarbonyl (C=S) groups is 2. The van der Waals surface area contributed by atoms with Crippen molar-refractivity contribution in [2.75, 3.05) is 0 Å². The lowest BCUT2D eigenvalue weighted by molar-refractivity contribution is -0.116. The zero-order valence-electron chi connectivity index (χ0n) is 10.5. The van der Waals surface area contributed by atoms with E-state index in [0.29, 0.717) is 21.6 Å². The first-order chi connectivity index (χ1) is 9.54. The molecule has 0 atom stereocenters. The summed E-state index contributed by atoms with van der Waals surface area (Å²) in [7, 11) is 0. The van der Waals surface area contributed by atoms with Crippen LogP contribution in [-0.4, -0.2) is 22.0 Å². The molecule has 6 nitrogen and oxygen atoms in total. The summed E-state index contributed by atoms with van der Waals surface area (Å²) >= 11 is 9.84. The molecule has 20 heavy (non-hydrogen) atoms. The fourth-order valence-electron chi connectivity index (χ4n) is 2.59. The van der Waals surface area contributed by atoms with Gasteiger partial charge in [0.2, 0.25) is 0 Å². The third-order valence-electron chi connectivity index (χ3n) is 3.55. The summed E-state index contributed by atoms with van der Waals surface area (Å²) in [4.78, 5) is 23.4. The molecule has 0 spiro atoms. The molecule has 4 N–H and O–H groups in total. The lowest BCUT2D eigenvalue weighted by atomic mass is 9.88. The first kappa shape index (κ1) is 13.2. The Morgan fingerprint density at radius 2 is 1.00 bits per heavy atom. The summed E-state index contributed by atoms with van der Waals surface area (Å²) in [6.45, 7) is 0. The molecule has 0 unspecified atom stereocenters. The number of hydrogen-bond acceptors (Lipinski definition) is 4. The Balaban J connectivity index is 1.78. The van der Waals surface area contributed by atoms with E-state index in [4.69, 9.17) is 24.4 Å². The minimum Gasteiger partial charge on any atom is -0.328 e. The molecule has 104 valence electrons. The second-order valence-electron chi connectivity index (χ2n) is 4.77. The minimum atomic E-state index is -0.168. The lowest BCUT2D eigenvalue weighted by Gasteiger charge is -2.19. The van der Waals surface area contributed by atoms with Crippen LogP contribution in [-0.2, 0) is 9.59 Å². The number of carbonyl (C=O) groups is 2. The van der Waals surface area contributed by atoms with Crippen LogP contribution in [0.15, 0.2) is 22.5 Å². The smallest absolute Gasteiger partial charge is 0.273 e. The van der Waals surface area contributed by atoms with Crippen molar-refractivity contribution in [1.82, 2.24) is 21.3 Å². The van der Waals surface area contributed by atoms with Crippen molar-refractivity contribution in [1.29, 1.82) is 0 Å². The highest BCUT2D eigenvalue weighted by Crippen LogP contribution is 2.31. The number of hydrogen-bond donors (Lipinski definition) is 4. The first-order valence-electron chi connectivity index (χ1n) is 6.23. The summed E-state index contributed by atoms with van der Waals surface area (Å²) < 4.78 is 0. The van der Waals surface area contributed by atoms with Crippen LogP contribution < -0.4 is 21.3 Å². The van der Waals surface area contributed by atoms with E-state index in [-0.39, 0.29) is 11.8 Å². The van der Waals surface area contributed by atoms with Crippen molar-refractivity contribution in [2.45, 2.75) is 25.7 Å². The molecule has 2 amide bonds. The molecule has 1 saturated carbocycles. The van der Waals surface area contributed by atoms with Crippen LogP contribution in [0, 0.1) is 0 Å². The van der Waals surface area contributed by atoms with Crippen LogP contribution in [0.5, 0.6) is 0 Å². The molecule has 0 radical (unpaired) electrons. The molecule has 2 aliphatic heterocycles. The van der Waals surface area contributed by atoms with Crippen molar-refractivity contribution in [3.63, 3.8) is 0 Å². The second kappa shape index (κ2) is 4.95. The molecule has 8 heteroatoms. The highest BCUT2D eigenvalue weighted by Gasteiger charge is 2.29. The minimum absolute atomic E-state index is 0.168. The Labute approximate surface area is 126 Å². The maximum absolute atomic E-state index is 11.7. The Hall–Kier alpha value is -1.80. The molecule has 3 aliphatic rings. The summed E-state index contributed by atoms with van der Waals surface area (Å²) in [6, 6.07) is 0. The fourth-order valence-corrected chi connectivity index (χ4v) is 2.98. The molecule has 0 aromatic heterocycles. The van der Waals surface area contributed by atoms with Gasteiger partial charge >= 0.3 is 0 Å². The molecule has 0 aromatic carbocycles. The molecule has 1 aliphatic carbocycles. The van der Waals surface area contributed by atoms with Crippen LogP contribution in [0.4, 0.5) is 0 Å². The highest BCUT2D eigenvalue weighted by atomic mass is 32.1. The molecule has 3 fully saturated rings. The molecule has 2 heterocycles. The quantitative estimate of drug-likeness (QED) is 0.375. The Bertz CT molecular complexity index is 555. The van der Waals surface area contributed by atoms with Gasteiger partial charge in [-0.05, 0) is 61.3 Å². The van der Waals surface area contributed by atoms with Crippen LogP contribution in [0.3, 0.4) is 0 Å². The Kier molecular flexibility index (Phi) is 3.27. The molecular formula is C12H12N4O2S2. The third-order valence-corrected chi connectivity index (χ3v) is 3.96. The molecule has 3 rings (SSSR count). The largest absolute Gasteiger partial charge is 0.328 e. The SMILES string of the molecule is O=C1NC(=S)NC1=C1CCC(=C2NC(=S)NC2=O)CC1. The van der Waals surface area contributed by atoms with E-state index >= 15 is 0 Å². The number of amides is 2. The molecular weight excluding hydrogens is 296 g/mol. The van der Waals surface area contributed by atoms with E-state index < -0.39 is 0 Å². The molecule has 0 aromatic rings. The summed E-state index contributed by atoms with van der Waals surface area (Å²) in [6.07, 6.45) is 2.94. The third kappa shape index (κ3) is 2.32. The van der Waals surface area contributed by atoms with Crippen LogP contribution >= 0.6 is 24.4 Å². The summed E-state index contributed by atoms with van der Waals surface area (Å²) in [5, 5.41) is 11.6. The molecule has 0 bridgehead atoms. The van der Waals surface area contributed by atoms with E-state index in [1.165, 1.54) is 0 Å². The van der Waals surface area contributed by atoms with Crippen LogP contribution in [0.2, 0.25) is 0 Å². The summed E-state index contributed by atoms with van der Waals surface area (Å²) in [5.41, 5.74) is 3.23. The standard InChI is InChI=1S/C12H12N4O2S2/c17-9-7(13-11(19)15-9)5-1-2-6(4-3-5)8-10(18)16-12(20)14-8/h1-4H2,(H2,13,15,17,19)(H2,14,16,18,20). The van der Waals surface area contributed by atoms with Crippen molar-refractivity contribution in [3.05, 3.63) is 22.5 Å². The van der Waals surface area contributed by atoms with Crippen molar-refractivity contribution in [2.24, 2.45) is 0 Å². The van der Waals surface area contributed by atoms with Gasteiger partial charge in [0.15, 0.2) is 10.2 Å². The molecule has 2 saturated heterocycles. The van der Waals surface area contributed by atoms with Gasteiger partial charge in [0.05, 0.1) is 0 Å². The summed E-state index contributed by atoms with van der Waals surface area (Å²) in [5.74, 6) is -0.335. The van der Waals surface area contributed by atoms with E-state index in [2.05, 4.69) is 21.3 Å². The van der Waals surface area contributed by atoms with Gasteiger partial charge in [-0.3, -0.25) is 20.2 Å². The van der Waals surface area contributed by atoms with Gasteiger partial charge in [-0.15, -0.1) is 0 Å². The van der Waals surface area contributed by atoms with Crippen LogP contribution in [0.1, 0.15) is 25.7 Å². The van der Waals surface area contributed by atoms with E-state index in [9.17, 15) is 9.59 Å². The Morgan fingerprint density at radius 3 is 1.25 bits per heavy atom. The van der Waals surface area contributed by atoms with E-state index in [0.717, 1.165) is 36.8 Å². The average Bonchev–Trinajstić information content (AvgIpc) is 2.92. The average molecular weight is 308 g/mol. The van der Waals surface area contributed by atoms with Crippen LogP contribution in [0.25, 0.3) is 0 Å². The van der Waals surface area contributed by atoms with Gasteiger partial charge < -0.3 is 10.6 Å². The van der Waals surface area contributed by atoms with Gasteiger partial charge in [-0.25, -0.2) is 0 Å². The van der Waals surface area contributed by atoms with Crippen molar-refractivity contribution in [3.8, 4) is 0 Å². The fraction of sp³-hybridized carbons (Fsp3) is 0.333. The van der Waals surface area contributed by atoms with Gasteiger partial charge in [0, 0.05) is 0 Å². The van der Waals surface area contributed by atoms with Gasteiger partial charge in [0.1, 0.15) is 11.4 Å².